The van der Waals surface area contributed by atoms with Crippen molar-refractivity contribution in [2.24, 2.45) is 5.92 Å². The van der Waals surface area contributed by atoms with Gasteiger partial charge in [-0.3, -0.25) is 0 Å². The quantitative estimate of drug-likeness (QED) is 0.616. The van der Waals surface area contributed by atoms with E-state index in [0.717, 1.165) is 12.8 Å². The number of hydrogen-bond acceptors (Lipinski definition) is 1. The summed E-state index contributed by atoms with van der Waals surface area (Å²) in [5.41, 5.74) is 2.97. The fourth-order valence-electron chi connectivity index (χ4n) is 3.29. The fourth-order valence-corrected chi connectivity index (χ4v) is 3.29. The Labute approximate surface area is 127 Å². The maximum atomic E-state index is 8.87. The highest BCUT2D eigenvalue weighted by atomic mass is 16.2. The molecular weight excluding hydrogens is 256 g/mol. The van der Waals surface area contributed by atoms with Crippen LogP contribution >= 0.6 is 0 Å². The summed E-state index contributed by atoms with van der Waals surface area (Å²) in [7, 11) is 0. The van der Waals surface area contributed by atoms with E-state index in [1.165, 1.54) is 17.5 Å². The molecule has 0 aromatic heterocycles. The average Bonchev–Trinajstić information content (AvgIpc) is 3.29. The first-order valence-corrected chi connectivity index (χ1v) is 7.76. The highest BCUT2D eigenvalue weighted by Gasteiger charge is 2.54. The van der Waals surface area contributed by atoms with Crippen LogP contribution in [0.25, 0.3) is 0 Å². The minimum Gasteiger partial charge on any atom is -0.396 e. The Balaban J connectivity index is 1.87. The van der Waals surface area contributed by atoms with Gasteiger partial charge in [0.15, 0.2) is 0 Å². The van der Waals surface area contributed by atoms with E-state index in [0.29, 0.717) is 5.92 Å². The standard InChI is InChI=1S/C20H22O/c21-15-9-3-8-14-19-16-20(19,17-10-4-1-5-11-17)18-12-6-2-7-13-18/h1-2,4-8,10-14,19,21H,3,9,15-16H2/b14-8+. The molecule has 1 fully saturated rings. The molecule has 1 N–H and O–H groups in total. The summed E-state index contributed by atoms with van der Waals surface area (Å²) in [5.74, 6) is 0.570. The Morgan fingerprint density at radius 1 is 0.952 bits per heavy atom. The number of unbranched alkanes of at least 4 members (excludes halogenated alkanes) is 1. The molecule has 1 nitrogen and oxygen atoms in total. The first kappa shape index (κ1) is 14.1. The van der Waals surface area contributed by atoms with Gasteiger partial charge in [-0.1, -0.05) is 72.8 Å². The van der Waals surface area contributed by atoms with Crippen molar-refractivity contribution in [1.29, 1.82) is 0 Å². The van der Waals surface area contributed by atoms with E-state index in [-0.39, 0.29) is 12.0 Å². The summed E-state index contributed by atoms with van der Waals surface area (Å²) in [4.78, 5) is 0. The van der Waals surface area contributed by atoms with E-state index in [9.17, 15) is 0 Å². The maximum absolute atomic E-state index is 8.87. The Hall–Kier alpha value is -1.86. The molecule has 21 heavy (non-hydrogen) atoms. The third-order valence-corrected chi connectivity index (χ3v) is 4.49. The Morgan fingerprint density at radius 3 is 2.05 bits per heavy atom. The van der Waals surface area contributed by atoms with Gasteiger partial charge in [0.25, 0.3) is 0 Å². The number of aliphatic hydroxyl groups excluding tert-OH is 1. The van der Waals surface area contributed by atoms with Crippen LogP contribution in [0, 0.1) is 5.92 Å². The van der Waals surface area contributed by atoms with Gasteiger partial charge in [0.05, 0.1) is 0 Å². The molecule has 0 spiro atoms. The van der Waals surface area contributed by atoms with Crippen LogP contribution in [0.15, 0.2) is 72.8 Å². The zero-order valence-electron chi connectivity index (χ0n) is 12.3. The molecule has 0 bridgehead atoms. The van der Waals surface area contributed by atoms with Gasteiger partial charge in [0.1, 0.15) is 0 Å². The molecule has 1 atom stereocenters. The molecule has 2 aromatic rings. The SMILES string of the molecule is OCCC/C=C/C1CC1(c1ccccc1)c1ccccc1. The van der Waals surface area contributed by atoms with Crippen LogP contribution in [0.3, 0.4) is 0 Å². The summed E-state index contributed by atoms with van der Waals surface area (Å²) < 4.78 is 0. The van der Waals surface area contributed by atoms with Crippen LogP contribution in [-0.2, 0) is 5.41 Å². The van der Waals surface area contributed by atoms with Crippen LogP contribution in [0.1, 0.15) is 30.4 Å². The number of benzene rings is 2. The van der Waals surface area contributed by atoms with Gasteiger partial charge in [-0.25, -0.2) is 0 Å². The van der Waals surface area contributed by atoms with E-state index in [1.54, 1.807) is 0 Å². The first-order chi connectivity index (χ1) is 10.4. The summed E-state index contributed by atoms with van der Waals surface area (Å²) in [6.45, 7) is 0.275. The smallest absolute Gasteiger partial charge is 0.0433 e. The molecule has 0 heterocycles. The van der Waals surface area contributed by atoms with E-state index in [2.05, 4.69) is 72.8 Å². The third kappa shape index (κ3) is 2.79. The van der Waals surface area contributed by atoms with Gasteiger partial charge >= 0.3 is 0 Å². The molecule has 0 aliphatic heterocycles. The van der Waals surface area contributed by atoms with Gasteiger partial charge in [0, 0.05) is 12.0 Å². The molecule has 108 valence electrons. The van der Waals surface area contributed by atoms with Crippen LogP contribution in [0.5, 0.6) is 0 Å². The van der Waals surface area contributed by atoms with E-state index >= 15 is 0 Å². The zero-order valence-corrected chi connectivity index (χ0v) is 12.3. The van der Waals surface area contributed by atoms with E-state index in [4.69, 9.17) is 5.11 Å². The number of rotatable bonds is 6. The highest BCUT2D eigenvalue weighted by molar-refractivity contribution is 5.48. The second kappa shape index (κ2) is 6.28. The molecule has 0 amide bonds. The van der Waals surface area contributed by atoms with Crippen LogP contribution in [-0.4, -0.2) is 11.7 Å². The lowest BCUT2D eigenvalue weighted by atomic mass is 9.85. The maximum Gasteiger partial charge on any atom is 0.0433 e. The molecule has 1 saturated carbocycles. The van der Waals surface area contributed by atoms with Crippen LogP contribution in [0.2, 0.25) is 0 Å². The van der Waals surface area contributed by atoms with E-state index in [1.807, 2.05) is 0 Å². The Kier molecular flexibility index (Phi) is 4.21. The number of hydrogen-bond donors (Lipinski definition) is 1. The van der Waals surface area contributed by atoms with Crippen LogP contribution in [0.4, 0.5) is 0 Å². The summed E-state index contributed by atoms with van der Waals surface area (Å²) in [6, 6.07) is 21.7. The predicted molar refractivity (Wildman–Crippen MR) is 87.2 cm³/mol. The average molecular weight is 278 g/mol. The van der Waals surface area contributed by atoms with E-state index < -0.39 is 0 Å². The number of aliphatic hydroxyl groups is 1. The lowest BCUT2D eigenvalue weighted by molar-refractivity contribution is 0.289. The van der Waals surface area contributed by atoms with Gasteiger partial charge in [-0.2, -0.15) is 0 Å². The van der Waals surface area contributed by atoms with Crippen LogP contribution < -0.4 is 0 Å². The molecule has 0 radical (unpaired) electrons. The molecule has 1 unspecified atom stereocenters. The molecule has 1 heteroatoms. The van der Waals surface area contributed by atoms with Gasteiger partial charge in [0.2, 0.25) is 0 Å². The summed E-state index contributed by atoms with van der Waals surface area (Å²) >= 11 is 0. The van der Waals surface area contributed by atoms with Crippen molar-refractivity contribution in [2.45, 2.75) is 24.7 Å². The Morgan fingerprint density at radius 2 is 1.52 bits per heavy atom. The summed E-state index contributed by atoms with van der Waals surface area (Å²) in [5, 5.41) is 8.87. The minimum atomic E-state index is 0.151. The second-order valence-electron chi connectivity index (χ2n) is 5.81. The molecule has 2 aromatic carbocycles. The number of allylic oxidation sites excluding steroid dienone is 2. The largest absolute Gasteiger partial charge is 0.396 e. The summed E-state index contributed by atoms with van der Waals surface area (Å²) in [6.07, 6.45) is 7.57. The minimum absolute atomic E-state index is 0.151. The highest BCUT2D eigenvalue weighted by Crippen LogP contribution is 2.59. The fraction of sp³-hybridized carbons (Fsp3) is 0.300. The predicted octanol–water partition coefficient (Wildman–Crippen LogP) is 4.32. The van der Waals surface area contributed by atoms with Crippen molar-refractivity contribution in [3.8, 4) is 0 Å². The lowest BCUT2D eigenvalue weighted by Gasteiger charge is -2.18. The third-order valence-electron chi connectivity index (χ3n) is 4.49. The molecule has 1 aliphatic carbocycles. The van der Waals surface area contributed by atoms with Gasteiger partial charge < -0.3 is 5.11 Å². The topological polar surface area (TPSA) is 20.2 Å². The zero-order chi connectivity index (χ0) is 14.5. The molecule has 0 saturated heterocycles. The van der Waals surface area contributed by atoms with Crippen molar-refractivity contribution in [1.82, 2.24) is 0 Å². The normalized spacial score (nSPS) is 19.8. The molecule has 3 rings (SSSR count). The molecule has 1 aliphatic rings. The monoisotopic (exact) mass is 278 g/mol. The lowest BCUT2D eigenvalue weighted by Crippen LogP contribution is -2.11. The van der Waals surface area contributed by atoms with Gasteiger partial charge in [-0.05, 0) is 36.3 Å². The van der Waals surface area contributed by atoms with Crippen molar-refractivity contribution in [3.05, 3.63) is 83.9 Å². The van der Waals surface area contributed by atoms with Crippen molar-refractivity contribution >= 4 is 0 Å². The van der Waals surface area contributed by atoms with Crippen molar-refractivity contribution < 1.29 is 5.11 Å². The Bertz CT molecular complexity index is 546. The first-order valence-electron chi connectivity index (χ1n) is 7.76. The molecular formula is C20H22O. The van der Waals surface area contributed by atoms with Gasteiger partial charge in [-0.15, -0.1) is 0 Å². The van der Waals surface area contributed by atoms with Crippen molar-refractivity contribution in [3.63, 3.8) is 0 Å². The second-order valence-corrected chi connectivity index (χ2v) is 5.81. The van der Waals surface area contributed by atoms with Crippen molar-refractivity contribution in [2.75, 3.05) is 6.61 Å².